The Kier molecular flexibility index (Phi) is 5.84. The molecule has 0 radical (unpaired) electrons. The number of hydrogen-bond donors (Lipinski definition) is 1. The van der Waals surface area contributed by atoms with Crippen molar-refractivity contribution >= 4 is 15.9 Å². The maximum atomic E-state index is 12.0. The number of aliphatic hydroxyl groups is 1. The van der Waals surface area contributed by atoms with Crippen LogP contribution in [0.15, 0.2) is 12.1 Å². The Morgan fingerprint density at radius 3 is 2.66 bits per heavy atom. The van der Waals surface area contributed by atoms with Crippen molar-refractivity contribution < 1.29 is 19.3 Å². The standard InChI is InChI=1S/C29H42BrNO4/c1-27(2,3)28(4,32)20-15-19-21-14-18-8-9-22(34-13-11-30)25-23(18)29(19,26(35-25)24(20)33-5)10-12-31(21)16-17-6-7-17/h8-9,17,19-21,24,26,32H,6-7,10-16H2,1-5H3/t19?,20-,21?,24+,26?,28-,29-/m0/s1. The van der Waals surface area contributed by atoms with E-state index in [1.807, 2.05) is 14.0 Å². The molecule has 2 heterocycles. The number of nitrogens with zero attached hydrogens (tertiary/aromatic N) is 1. The lowest BCUT2D eigenvalue weighted by Gasteiger charge is -2.63. The second kappa shape index (κ2) is 8.34. The van der Waals surface area contributed by atoms with Crippen molar-refractivity contribution in [1.82, 2.24) is 4.90 Å². The summed E-state index contributed by atoms with van der Waals surface area (Å²) in [7, 11) is 1.81. The van der Waals surface area contributed by atoms with E-state index in [1.54, 1.807) is 0 Å². The summed E-state index contributed by atoms with van der Waals surface area (Å²) in [5.41, 5.74) is 1.63. The number of piperidine rings is 1. The molecule has 0 amide bonds. The maximum Gasteiger partial charge on any atom is 0.165 e. The molecule has 6 heteroatoms. The van der Waals surface area contributed by atoms with E-state index in [0.717, 1.165) is 48.6 Å². The number of alkyl halides is 1. The quantitative estimate of drug-likeness (QED) is 0.489. The molecule has 2 aliphatic heterocycles. The highest BCUT2D eigenvalue weighted by Gasteiger charge is 2.70. The van der Waals surface area contributed by atoms with Gasteiger partial charge in [-0.3, -0.25) is 4.90 Å². The van der Waals surface area contributed by atoms with Gasteiger partial charge in [0.15, 0.2) is 11.5 Å². The minimum atomic E-state index is -0.876. The molecule has 7 atom stereocenters. The SMILES string of the molecule is CO[C@H]1C2Oc3c(OCCBr)ccc4c3[C@@]23CCN(CC2CC2)C(C4)C3C[C@@H]1[C@](C)(O)C(C)(C)C. The molecule has 5 aliphatic rings. The summed E-state index contributed by atoms with van der Waals surface area (Å²) < 4.78 is 19.5. The lowest BCUT2D eigenvalue weighted by molar-refractivity contribution is -0.206. The summed E-state index contributed by atoms with van der Waals surface area (Å²) >= 11 is 3.51. The second-order valence-electron chi connectivity index (χ2n) is 13.0. The van der Waals surface area contributed by atoms with Crippen LogP contribution in [-0.4, -0.2) is 66.0 Å². The van der Waals surface area contributed by atoms with E-state index in [4.69, 9.17) is 14.2 Å². The summed E-state index contributed by atoms with van der Waals surface area (Å²) in [5.74, 6) is 3.14. The first-order valence-electron chi connectivity index (χ1n) is 13.6. The molecule has 35 heavy (non-hydrogen) atoms. The molecule has 1 aromatic carbocycles. The van der Waals surface area contributed by atoms with Crippen LogP contribution in [0.2, 0.25) is 0 Å². The van der Waals surface area contributed by atoms with Crippen LogP contribution in [-0.2, 0) is 16.6 Å². The van der Waals surface area contributed by atoms with Gasteiger partial charge in [-0.1, -0.05) is 42.8 Å². The molecule has 3 unspecified atom stereocenters. The molecule has 5 nitrogen and oxygen atoms in total. The van der Waals surface area contributed by atoms with Crippen LogP contribution in [0.25, 0.3) is 0 Å². The fraction of sp³-hybridized carbons (Fsp3) is 0.793. The van der Waals surface area contributed by atoms with Crippen molar-refractivity contribution in [3.05, 3.63) is 23.3 Å². The molecule has 1 aromatic rings. The van der Waals surface area contributed by atoms with Gasteiger partial charge >= 0.3 is 0 Å². The summed E-state index contributed by atoms with van der Waals surface area (Å²) in [5, 5.41) is 12.8. The molecule has 2 bridgehead atoms. The monoisotopic (exact) mass is 547 g/mol. The number of hydrogen-bond acceptors (Lipinski definition) is 5. The fourth-order valence-corrected chi connectivity index (χ4v) is 8.24. The topological polar surface area (TPSA) is 51.2 Å². The molecule has 194 valence electrons. The predicted molar refractivity (Wildman–Crippen MR) is 141 cm³/mol. The number of rotatable bonds is 7. The Hall–Kier alpha value is -0.820. The van der Waals surface area contributed by atoms with Crippen molar-refractivity contribution in [2.45, 2.75) is 89.1 Å². The summed E-state index contributed by atoms with van der Waals surface area (Å²) in [4.78, 5) is 2.80. The van der Waals surface area contributed by atoms with Gasteiger partial charge in [-0.25, -0.2) is 0 Å². The largest absolute Gasteiger partial charge is 0.489 e. The van der Waals surface area contributed by atoms with Gasteiger partial charge in [0.1, 0.15) is 12.2 Å². The molecule has 1 spiro atoms. The third-order valence-electron chi connectivity index (χ3n) is 10.5. The minimum Gasteiger partial charge on any atom is -0.489 e. The molecule has 1 N–H and O–H groups in total. The highest BCUT2D eigenvalue weighted by atomic mass is 79.9. The van der Waals surface area contributed by atoms with E-state index < -0.39 is 5.60 Å². The first-order chi connectivity index (χ1) is 16.6. The summed E-state index contributed by atoms with van der Waals surface area (Å²) in [6.45, 7) is 11.5. The number of likely N-dealkylation sites (tertiary alicyclic amines) is 1. The number of ether oxygens (including phenoxy) is 3. The fourth-order valence-electron chi connectivity index (χ4n) is 8.07. The average Bonchev–Trinajstić information content (AvgIpc) is 3.56. The van der Waals surface area contributed by atoms with E-state index in [-0.39, 0.29) is 29.0 Å². The van der Waals surface area contributed by atoms with Gasteiger partial charge in [-0.2, -0.15) is 0 Å². The van der Waals surface area contributed by atoms with E-state index in [0.29, 0.717) is 18.6 Å². The third kappa shape index (κ3) is 3.49. The molecule has 0 aromatic heterocycles. The molecule has 2 saturated carbocycles. The lowest BCUT2D eigenvalue weighted by Crippen LogP contribution is -2.71. The van der Waals surface area contributed by atoms with E-state index in [2.05, 4.69) is 53.7 Å². The molecule has 1 saturated heterocycles. The lowest BCUT2D eigenvalue weighted by atomic mass is 9.47. The zero-order valence-corrected chi connectivity index (χ0v) is 23.6. The van der Waals surface area contributed by atoms with E-state index in [1.165, 1.54) is 30.5 Å². The average molecular weight is 549 g/mol. The van der Waals surface area contributed by atoms with Crippen molar-refractivity contribution in [1.29, 1.82) is 0 Å². The van der Waals surface area contributed by atoms with Crippen molar-refractivity contribution in [2.24, 2.45) is 23.2 Å². The summed E-state index contributed by atoms with van der Waals surface area (Å²) in [6.07, 6.45) is 5.63. The van der Waals surface area contributed by atoms with Crippen LogP contribution in [0, 0.1) is 23.2 Å². The first kappa shape index (κ1) is 24.5. The van der Waals surface area contributed by atoms with Gasteiger partial charge < -0.3 is 19.3 Å². The van der Waals surface area contributed by atoms with Crippen LogP contribution >= 0.6 is 15.9 Å². The van der Waals surface area contributed by atoms with Crippen molar-refractivity contribution in [3.8, 4) is 11.5 Å². The van der Waals surface area contributed by atoms with Crippen LogP contribution in [0.1, 0.15) is 64.5 Å². The predicted octanol–water partition coefficient (Wildman–Crippen LogP) is 4.95. The Labute approximate surface area is 219 Å². The smallest absolute Gasteiger partial charge is 0.165 e. The number of methoxy groups -OCH3 is 1. The Bertz CT molecular complexity index is 986. The number of benzene rings is 1. The van der Waals surface area contributed by atoms with Crippen molar-refractivity contribution in [3.63, 3.8) is 0 Å². The number of halogens is 1. The molecule has 3 fully saturated rings. The van der Waals surface area contributed by atoms with Crippen LogP contribution in [0.5, 0.6) is 11.5 Å². The van der Waals surface area contributed by atoms with Gasteiger partial charge in [0.25, 0.3) is 0 Å². The summed E-state index contributed by atoms with van der Waals surface area (Å²) in [6, 6.07) is 4.93. The van der Waals surface area contributed by atoms with Crippen LogP contribution in [0.4, 0.5) is 0 Å². The van der Waals surface area contributed by atoms with Gasteiger partial charge in [-0.15, -0.1) is 0 Å². The van der Waals surface area contributed by atoms with Gasteiger partial charge in [-0.05, 0) is 74.5 Å². The zero-order valence-electron chi connectivity index (χ0n) is 22.0. The highest BCUT2D eigenvalue weighted by Crippen LogP contribution is 2.66. The first-order valence-corrected chi connectivity index (χ1v) is 14.8. The minimum absolute atomic E-state index is 0.00164. The molecule has 3 aliphatic carbocycles. The van der Waals surface area contributed by atoms with Gasteiger partial charge in [0, 0.05) is 41.9 Å². The zero-order chi connectivity index (χ0) is 24.8. The highest BCUT2D eigenvalue weighted by molar-refractivity contribution is 9.09. The second-order valence-corrected chi connectivity index (χ2v) is 13.8. The Morgan fingerprint density at radius 2 is 2.00 bits per heavy atom. The van der Waals surface area contributed by atoms with Gasteiger partial charge in [0.05, 0.1) is 12.2 Å². The maximum absolute atomic E-state index is 12.0. The molecular weight excluding hydrogens is 506 g/mol. The van der Waals surface area contributed by atoms with Crippen LogP contribution < -0.4 is 9.47 Å². The molecular formula is C29H42BrNO4. The van der Waals surface area contributed by atoms with E-state index >= 15 is 0 Å². The van der Waals surface area contributed by atoms with Crippen LogP contribution in [0.3, 0.4) is 0 Å². The normalized spacial score (nSPS) is 37.4. The van der Waals surface area contributed by atoms with Gasteiger partial charge in [0.2, 0.25) is 0 Å². The molecule has 6 rings (SSSR count). The third-order valence-corrected chi connectivity index (χ3v) is 10.8. The Balaban J connectivity index is 1.49. The van der Waals surface area contributed by atoms with Crippen molar-refractivity contribution in [2.75, 3.05) is 32.1 Å². The van der Waals surface area contributed by atoms with E-state index in [9.17, 15) is 5.11 Å². The Morgan fingerprint density at radius 1 is 1.23 bits per heavy atom.